The van der Waals surface area contributed by atoms with Crippen molar-refractivity contribution in [3.8, 4) is 0 Å². The van der Waals surface area contributed by atoms with Crippen molar-refractivity contribution in [3.05, 3.63) is 0 Å². The van der Waals surface area contributed by atoms with Gasteiger partial charge in [-0.25, -0.2) is 9.78 Å². The van der Waals surface area contributed by atoms with Crippen LogP contribution in [0.1, 0.15) is 1.43 Å². The zero-order valence-electron chi connectivity index (χ0n) is 8.59. The third kappa shape index (κ3) is 10.7. The molecule has 0 aliphatic carbocycles. The van der Waals surface area contributed by atoms with E-state index in [0.29, 0.717) is 0 Å². The minimum atomic E-state index is -0.990. The van der Waals surface area contributed by atoms with Crippen LogP contribution in [0.25, 0.3) is 0 Å². The van der Waals surface area contributed by atoms with Crippen molar-refractivity contribution in [2.24, 2.45) is 0 Å². The first kappa shape index (κ1) is 16.2. The maximum Gasteiger partial charge on any atom is 1.00 e. The minimum Gasteiger partial charge on any atom is -1.00 e. The van der Waals surface area contributed by atoms with Gasteiger partial charge in [0.25, 0.3) is 0 Å². The van der Waals surface area contributed by atoms with E-state index >= 15 is 0 Å². The number of hydrogen-bond donors (Lipinski definition) is 4. The normalized spacial score (nSPS) is 14.8. The molecule has 6 nitrogen and oxygen atoms in total. The van der Waals surface area contributed by atoms with Crippen LogP contribution in [0.15, 0.2) is 0 Å². The number of rotatable bonds is 7. The molecule has 4 N–H and O–H groups in total. The molecule has 0 aromatic carbocycles. The van der Waals surface area contributed by atoms with E-state index in [0.717, 1.165) is 0 Å². The Kier molecular flexibility index (Phi) is 13.5. The molecule has 2 atom stereocenters. The smallest absolute Gasteiger partial charge is 1.00 e. The molecule has 0 radical (unpaired) electrons. The van der Waals surface area contributed by atoms with E-state index in [4.69, 9.17) is 20.4 Å². The fraction of sp³-hybridized carbons (Fsp3) is 1.00. The van der Waals surface area contributed by atoms with Crippen LogP contribution in [0.4, 0.5) is 0 Å². The van der Waals surface area contributed by atoms with Gasteiger partial charge in [-0.1, -0.05) is 0 Å². The van der Waals surface area contributed by atoms with Crippen LogP contribution >= 0.6 is 0 Å². The van der Waals surface area contributed by atoms with Crippen molar-refractivity contribution in [3.63, 3.8) is 0 Å². The molecular formula is C6H15NaO6. The molecular weight excluding hydrogens is 191 g/mol. The summed E-state index contributed by atoms with van der Waals surface area (Å²) in [5.41, 5.74) is 0. The number of hydrogen-bond acceptors (Lipinski definition) is 6. The van der Waals surface area contributed by atoms with E-state index in [1.807, 2.05) is 0 Å². The summed E-state index contributed by atoms with van der Waals surface area (Å²) in [4.78, 5) is 8.76. The summed E-state index contributed by atoms with van der Waals surface area (Å²) in [6, 6.07) is 0. The Morgan fingerprint density at radius 2 is 1.23 bits per heavy atom. The third-order valence-electron chi connectivity index (χ3n) is 1.03. The maximum atomic E-state index is 8.71. The van der Waals surface area contributed by atoms with E-state index in [1.165, 1.54) is 0 Å². The van der Waals surface area contributed by atoms with Gasteiger partial charge >= 0.3 is 29.6 Å². The third-order valence-corrected chi connectivity index (χ3v) is 1.03. The van der Waals surface area contributed by atoms with E-state index in [2.05, 4.69) is 9.78 Å². The zero-order valence-corrected chi connectivity index (χ0v) is 9.59. The molecule has 2 unspecified atom stereocenters. The Hall–Kier alpha value is 0.760. The molecule has 0 heterocycles. The van der Waals surface area contributed by atoms with Crippen LogP contribution in [0, 0.1) is 0 Å². The van der Waals surface area contributed by atoms with Crippen molar-refractivity contribution in [1.29, 1.82) is 0 Å². The Labute approximate surface area is 99.8 Å². The largest absolute Gasteiger partial charge is 1.00 e. The summed E-state index contributed by atoms with van der Waals surface area (Å²) in [5.74, 6) is 0. The maximum absolute atomic E-state index is 8.71. The van der Waals surface area contributed by atoms with Crippen molar-refractivity contribution in [2.45, 2.75) is 12.2 Å². The molecule has 0 aromatic heterocycles. The van der Waals surface area contributed by atoms with E-state index < -0.39 is 25.4 Å². The average molecular weight is 206 g/mol. The SMILES string of the molecule is OCC(O)COOCC(O)CO.[H-].[Na+]. The molecule has 0 aromatic rings. The van der Waals surface area contributed by atoms with Gasteiger partial charge in [0.15, 0.2) is 0 Å². The molecule has 76 valence electrons. The fourth-order valence-electron chi connectivity index (χ4n) is 0.359. The quantitative estimate of drug-likeness (QED) is 0.144. The van der Waals surface area contributed by atoms with Crippen LogP contribution < -0.4 is 29.6 Å². The van der Waals surface area contributed by atoms with Gasteiger partial charge in [-0.05, 0) is 0 Å². The van der Waals surface area contributed by atoms with Crippen LogP contribution in [0.3, 0.4) is 0 Å². The molecule has 7 heteroatoms. The predicted octanol–water partition coefficient (Wildman–Crippen LogP) is -5.24. The van der Waals surface area contributed by atoms with E-state index in [9.17, 15) is 0 Å². The monoisotopic (exact) mass is 206 g/mol. The van der Waals surface area contributed by atoms with Crippen LogP contribution in [-0.2, 0) is 9.78 Å². The molecule has 0 rings (SSSR count). The van der Waals surface area contributed by atoms with Crippen LogP contribution in [0.5, 0.6) is 0 Å². The van der Waals surface area contributed by atoms with Gasteiger partial charge in [0, 0.05) is 0 Å². The van der Waals surface area contributed by atoms with Crippen molar-refractivity contribution >= 4 is 0 Å². The minimum absolute atomic E-state index is 0. The second kappa shape index (κ2) is 10.8. The Morgan fingerprint density at radius 3 is 1.46 bits per heavy atom. The molecule has 0 amide bonds. The summed E-state index contributed by atoms with van der Waals surface area (Å²) in [7, 11) is 0. The van der Waals surface area contributed by atoms with Gasteiger partial charge in [-0.15, -0.1) is 0 Å². The van der Waals surface area contributed by atoms with Crippen molar-refractivity contribution < 1.29 is 61.2 Å². The molecule has 0 fully saturated rings. The summed E-state index contributed by atoms with van der Waals surface area (Å²) in [6.07, 6.45) is -1.98. The summed E-state index contributed by atoms with van der Waals surface area (Å²) in [6.45, 7) is -1.17. The van der Waals surface area contributed by atoms with Crippen molar-refractivity contribution in [1.82, 2.24) is 0 Å². The van der Waals surface area contributed by atoms with E-state index in [-0.39, 0.29) is 44.2 Å². The van der Waals surface area contributed by atoms with Gasteiger partial charge in [0.2, 0.25) is 0 Å². The predicted molar refractivity (Wildman–Crippen MR) is 39.2 cm³/mol. The molecule has 0 saturated heterocycles. The van der Waals surface area contributed by atoms with Crippen LogP contribution in [0.2, 0.25) is 0 Å². The van der Waals surface area contributed by atoms with Gasteiger partial charge in [0.1, 0.15) is 25.4 Å². The molecule has 13 heavy (non-hydrogen) atoms. The fourth-order valence-corrected chi connectivity index (χ4v) is 0.359. The summed E-state index contributed by atoms with van der Waals surface area (Å²) in [5, 5.41) is 34.1. The van der Waals surface area contributed by atoms with E-state index in [1.54, 1.807) is 0 Å². The second-order valence-corrected chi connectivity index (χ2v) is 2.24. The first-order chi connectivity index (χ1) is 5.70. The summed E-state index contributed by atoms with van der Waals surface area (Å²) >= 11 is 0. The number of aliphatic hydroxyl groups is 4. The topological polar surface area (TPSA) is 99.4 Å². The van der Waals surface area contributed by atoms with Gasteiger partial charge in [-0.2, -0.15) is 0 Å². The Balaban J connectivity index is -0.000000605. The molecule has 0 bridgehead atoms. The first-order valence-corrected chi connectivity index (χ1v) is 3.53. The second-order valence-electron chi connectivity index (χ2n) is 2.24. The van der Waals surface area contributed by atoms with Gasteiger partial charge in [0.05, 0.1) is 13.2 Å². The van der Waals surface area contributed by atoms with Crippen LogP contribution in [-0.4, -0.2) is 59.1 Å². The Morgan fingerprint density at radius 1 is 0.923 bits per heavy atom. The molecule has 0 spiro atoms. The Bertz CT molecular complexity index is 96.3. The average Bonchev–Trinajstić information content (AvgIpc) is 2.11. The zero-order chi connectivity index (χ0) is 9.40. The molecule has 0 aliphatic heterocycles. The number of aliphatic hydroxyl groups excluding tert-OH is 4. The summed E-state index contributed by atoms with van der Waals surface area (Å²) < 4.78 is 0. The van der Waals surface area contributed by atoms with Gasteiger partial charge < -0.3 is 21.9 Å². The molecule has 0 aliphatic rings. The van der Waals surface area contributed by atoms with Crippen molar-refractivity contribution in [2.75, 3.05) is 26.4 Å². The standard InChI is InChI=1S/C6H14O6.Na.H/c7-1-5(9)3-11-12-4-6(10)2-8;;/h5-10H,1-4H2;;/q;+1;-1. The first-order valence-electron chi connectivity index (χ1n) is 3.53. The molecule has 0 saturated carbocycles. The van der Waals surface area contributed by atoms with Gasteiger partial charge in [-0.3, -0.25) is 0 Å².